The molecule has 0 aromatic carbocycles. The Morgan fingerprint density at radius 3 is 3.05 bits per heavy atom. The minimum atomic E-state index is -0.0631. The number of thiophene rings is 1. The first kappa shape index (κ1) is 15.5. The molecule has 0 radical (unpaired) electrons. The van der Waals surface area contributed by atoms with Gasteiger partial charge in [-0.25, -0.2) is 0 Å². The van der Waals surface area contributed by atoms with Crippen molar-refractivity contribution in [3.8, 4) is 11.8 Å². The average molecular weight is 306 g/mol. The predicted octanol–water partition coefficient (Wildman–Crippen LogP) is 0.833. The van der Waals surface area contributed by atoms with Crippen molar-refractivity contribution in [3.05, 3.63) is 21.9 Å². The van der Waals surface area contributed by atoms with Crippen molar-refractivity contribution in [2.24, 2.45) is 0 Å². The molecule has 0 aliphatic carbocycles. The molecule has 0 spiro atoms. The number of carbonyl (C=O) groups is 2. The number of rotatable bonds is 3. The zero-order chi connectivity index (χ0) is 15.2. The number of carbonyl (C=O) groups excluding carboxylic acids is 2. The van der Waals surface area contributed by atoms with E-state index in [1.165, 1.54) is 18.3 Å². The Morgan fingerprint density at radius 2 is 2.33 bits per heavy atom. The summed E-state index contributed by atoms with van der Waals surface area (Å²) in [5.41, 5.74) is 0. The van der Waals surface area contributed by atoms with Gasteiger partial charge < -0.3 is 15.3 Å². The van der Waals surface area contributed by atoms with Gasteiger partial charge in [-0.3, -0.25) is 9.59 Å². The van der Waals surface area contributed by atoms with E-state index in [2.05, 4.69) is 17.2 Å². The molecule has 6 heteroatoms. The van der Waals surface area contributed by atoms with E-state index in [-0.39, 0.29) is 24.5 Å². The summed E-state index contributed by atoms with van der Waals surface area (Å²) in [6, 6.07) is 3.65. The Morgan fingerprint density at radius 1 is 1.52 bits per heavy atom. The molecular formula is C15H18N2O3S. The van der Waals surface area contributed by atoms with Crippen LogP contribution in [0.1, 0.15) is 34.3 Å². The molecule has 2 heterocycles. The summed E-state index contributed by atoms with van der Waals surface area (Å²) >= 11 is 1.36. The van der Waals surface area contributed by atoms with Crippen molar-refractivity contribution in [2.75, 3.05) is 19.7 Å². The van der Waals surface area contributed by atoms with Crippen LogP contribution in [-0.2, 0) is 4.79 Å². The second kappa shape index (κ2) is 7.25. The van der Waals surface area contributed by atoms with Crippen molar-refractivity contribution in [1.29, 1.82) is 0 Å². The lowest BCUT2D eigenvalue weighted by Gasteiger charge is -2.15. The number of nitrogens with zero attached hydrogens (tertiary/aromatic N) is 1. The maximum Gasteiger partial charge on any atom is 0.264 e. The van der Waals surface area contributed by atoms with E-state index < -0.39 is 0 Å². The molecule has 1 aliphatic heterocycles. The molecule has 1 aromatic heterocycles. The molecule has 2 N–H and O–H groups in total. The molecule has 1 aromatic rings. The molecule has 112 valence electrons. The smallest absolute Gasteiger partial charge is 0.264 e. The van der Waals surface area contributed by atoms with E-state index in [0.29, 0.717) is 24.4 Å². The maximum atomic E-state index is 12.4. The fourth-order valence-corrected chi connectivity index (χ4v) is 3.08. The Balaban J connectivity index is 1.95. The van der Waals surface area contributed by atoms with E-state index in [1.807, 2.05) is 6.07 Å². The van der Waals surface area contributed by atoms with Gasteiger partial charge in [-0.05, 0) is 18.6 Å². The summed E-state index contributed by atoms with van der Waals surface area (Å²) in [5, 5.41) is 11.5. The summed E-state index contributed by atoms with van der Waals surface area (Å²) in [6.45, 7) is 2.75. The predicted molar refractivity (Wildman–Crippen MR) is 81.0 cm³/mol. The zero-order valence-electron chi connectivity index (χ0n) is 11.9. The molecule has 2 amide bonds. The third-order valence-corrected chi connectivity index (χ3v) is 4.14. The van der Waals surface area contributed by atoms with Gasteiger partial charge in [0.25, 0.3) is 5.91 Å². The Labute approximate surface area is 128 Å². The lowest BCUT2D eigenvalue weighted by atomic mass is 10.2. The van der Waals surface area contributed by atoms with Gasteiger partial charge in [-0.2, -0.15) is 0 Å². The van der Waals surface area contributed by atoms with Crippen LogP contribution in [0.3, 0.4) is 0 Å². The normalized spacial score (nSPS) is 17.2. The van der Waals surface area contributed by atoms with Crippen molar-refractivity contribution in [2.45, 2.75) is 25.8 Å². The second-order valence-electron chi connectivity index (χ2n) is 4.88. The first-order chi connectivity index (χ1) is 10.1. The summed E-state index contributed by atoms with van der Waals surface area (Å²) in [7, 11) is 0. The largest absolute Gasteiger partial charge is 0.395 e. The molecule has 0 saturated carbocycles. The molecular weight excluding hydrogens is 288 g/mol. The third kappa shape index (κ3) is 4.31. The van der Waals surface area contributed by atoms with Crippen LogP contribution in [0, 0.1) is 11.8 Å². The van der Waals surface area contributed by atoms with Crippen LogP contribution in [0.25, 0.3) is 0 Å². The summed E-state index contributed by atoms with van der Waals surface area (Å²) in [6.07, 6.45) is 1.23. The molecule has 1 atom stereocenters. The minimum Gasteiger partial charge on any atom is -0.395 e. The van der Waals surface area contributed by atoms with Crippen LogP contribution < -0.4 is 5.32 Å². The minimum absolute atomic E-state index is 0.0111. The summed E-state index contributed by atoms with van der Waals surface area (Å²) in [4.78, 5) is 26.6. The van der Waals surface area contributed by atoms with Gasteiger partial charge in [0.05, 0.1) is 16.4 Å². The molecule has 0 bridgehead atoms. The first-order valence-corrected chi connectivity index (χ1v) is 7.67. The van der Waals surface area contributed by atoms with E-state index in [9.17, 15) is 9.59 Å². The highest BCUT2D eigenvalue weighted by atomic mass is 32.1. The highest BCUT2D eigenvalue weighted by Crippen LogP contribution is 2.20. The molecule has 5 nitrogen and oxygen atoms in total. The first-order valence-electron chi connectivity index (χ1n) is 6.86. The zero-order valence-corrected chi connectivity index (χ0v) is 12.7. The van der Waals surface area contributed by atoms with Crippen LogP contribution in [0.5, 0.6) is 0 Å². The monoisotopic (exact) mass is 306 g/mol. The summed E-state index contributed by atoms with van der Waals surface area (Å²) in [5.74, 6) is 5.69. The molecule has 21 heavy (non-hydrogen) atoms. The Hall–Kier alpha value is -1.84. The fourth-order valence-electron chi connectivity index (χ4n) is 2.23. The van der Waals surface area contributed by atoms with Crippen LogP contribution in [0.4, 0.5) is 0 Å². The number of hydrogen-bond donors (Lipinski definition) is 2. The van der Waals surface area contributed by atoms with Gasteiger partial charge in [0.1, 0.15) is 0 Å². The maximum absolute atomic E-state index is 12.4. The van der Waals surface area contributed by atoms with Gasteiger partial charge in [-0.1, -0.05) is 11.8 Å². The standard InChI is InChI=1S/C15H18N2O3S/c1-11(19)16-12-7-8-17(10-12)15(20)14-6-5-13(21-14)4-2-3-9-18/h5-6,12,18H,3,7-10H2,1H3,(H,16,19). The number of likely N-dealkylation sites (tertiary alicyclic amines) is 1. The van der Waals surface area contributed by atoms with Gasteiger partial charge in [0.2, 0.25) is 5.91 Å². The second-order valence-corrected chi connectivity index (χ2v) is 5.96. The van der Waals surface area contributed by atoms with Crippen LogP contribution >= 0.6 is 11.3 Å². The van der Waals surface area contributed by atoms with Crippen LogP contribution in [0.15, 0.2) is 12.1 Å². The van der Waals surface area contributed by atoms with Crippen LogP contribution in [-0.4, -0.2) is 47.6 Å². The molecule has 1 fully saturated rings. The van der Waals surface area contributed by atoms with E-state index in [0.717, 1.165) is 11.3 Å². The number of aliphatic hydroxyl groups is 1. The van der Waals surface area contributed by atoms with Crippen molar-refractivity contribution < 1.29 is 14.7 Å². The summed E-state index contributed by atoms with van der Waals surface area (Å²) < 4.78 is 0. The molecule has 1 aliphatic rings. The average Bonchev–Trinajstić information content (AvgIpc) is 3.07. The highest BCUT2D eigenvalue weighted by molar-refractivity contribution is 7.14. The SMILES string of the molecule is CC(=O)NC1CCN(C(=O)c2ccc(C#CCCO)s2)C1. The lowest BCUT2D eigenvalue weighted by molar-refractivity contribution is -0.119. The number of aliphatic hydroxyl groups excluding tert-OH is 1. The Bertz CT molecular complexity index is 585. The van der Waals surface area contributed by atoms with Gasteiger partial charge in [0, 0.05) is 32.5 Å². The van der Waals surface area contributed by atoms with E-state index in [1.54, 1.807) is 11.0 Å². The lowest BCUT2D eigenvalue weighted by Crippen LogP contribution is -2.37. The van der Waals surface area contributed by atoms with E-state index >= 15 is 0 Å². The number of hydrogen-bond acceptors (Lipinski definition) is 4. The molecule has 2 rings (SSSR count). The Kier molecular flexibility index (Phi) is 5.37. The molecule has 1 saturated heterocycles. The quantitative estimate of drug-likeness (QED) is 0.813. The van der Waals surface area contributed by atoms with Crippen LogP contribution in [0.2, 0.25) is 0 Å². The van der Waals surface area contributed by atoms with Crippen molar-refractivity contribution in [1.82, 2.24) is 10.2 Å². The van der Waals surface area contributed by atoms with Crippen molar-refractivity contribution in [3.63, 3.8) is 0 Å². The van der Waals surface area contributed by atoms with Gasteiger partial charge in [-0.15, -0.1) is 11.3 Å². The van der Waals surface area contributed by atoms with Gasteiger partial charge in [0.15, 0.2) is 0 Å². The third-order valence-electron chi connectivity index (χ3n) is 3.15. The number of nitrogens with one attached hydrogen (secondary N) is 1. The van der Waals surface area contributed by atoms with E-state index in [4.69, 9.17) is 5.11 Å². The molecule has 1 unspecified atom stereocenters. The topological polar surface area (TPSA) is 69.6 Å². The highest BCUT2D eigenvalue weighted by Gasteiger charge is 2.27. The fraction of sp³-hybridized carbons (Fsp3) is 0.467. The van der Waals surface area contributed by atoms with Gasteiger partial charge >= 0.3 is 0 Å². The van der Waals surface area contributed by atoms with Crippen molar-refractivity contribution >= 4 is 23.2 Å². The number of amides is 2.